The molecule has 0 saturated carbocycles. The van der Waals surface area contributed by atoms with Crippen LogP contribution in [0.5, 0.6) is 0 Å². The van der Waals surface area contributed by atoms with Crippen LogP contribution in [-0.2, 0) is 11.2 Å². The van der Waals surface area contributed by atoms with Crippen molar-refractivity contribution in [1.82, 2.24) is 20.2 Å². The minimum atomic E-state index is -0.578. The number of aromatic nitrogens is 2. The quantitative estimate of drug-likeness (QED) is 0.905. The first-order valence-corrected chi connectivity index (χ1v) is 7.68. The maximum atomic E-state index is 12.8. The van der Waals surface area contributed by atoms with Crippen LogP contribution in [0.25, 0.3) is 0 Å². The molecule has 1 aromatic rings. The Labute approximate surface area is 129 Å². The Morgan fingerprint density at radius 3 is 3.14 bits per heavy atom. The van der Waals surface area contributed by atoms with E-state index in [-0.39, 0.29) is 5.91 Å². The fourth-order valence-electron chi connectivity index (χ4n) is 3.14. The molecule has 3 heterocycles. The number of alkyl carbamates (subject to hydrolysis) is 1. The van der Waals surface area contributed by atoms with E-state index in [0.717, 1.165) is 31.4 Å². The molecule has 1 unspecified atom stereocenters. The molecule has 22 heavy (non-hydrogen) atoms. The lowest BCUT2D eigenvalue weighted by Crippen LogP contribution is -2.52. The van der Waals surface area contributed by atoms with E-state index >= 15 is 0 Å². The summed E-state index contributed by atoms with van der Waals surface area (Å²) in [4.78, 5) is 34.1. The topological polar surface area (TPSA) is 84.4 Å². The van der Waals surface area contributed by atoms with Gasteiger partial charge in [0.25, 0.3) is 5.91 Å². The highest BCUT2D eigenvalue weighted by atomic mass is 16.6. The van der Waals surface area contributed by atoms with Crippen LogP contribution >= 0.6 is 0 Å². The SMILES string of the molecule is CCCc1ncncc1C(=O)N1CCCC2(CNC(=O)O2)C1. The Kier molecular flexibility index (Phi) is 3.96. The molecular formula is C15H20N4O3. The Bertz CT molecular complexity index is 592. The number of hydrogen-bond acceptors (Lipinski definition) is 5. The van der Waals surface area contributed by atoms with Crippen molar-refractivity contribution in [2.45, 2.75) is 38.2 Å². The van der Waals surface area contributed by atoms with Crippen LogP contribution in [0.4, 0.5) is 4.79 Å². The van der Waals surface area contributed by atoms with Crippen molar-refractivity contribution >= 4 is 12.0 Å². The molecule has 118 valence electrons. The lowest BCUT2D eigenvalue weighted by Gasteiger charge is -2.38. The van der Waals surface area contributed by atoms with Crippen molar-refractivity contribution in [2.24, 2.45) is 0 Å². The van der Waals surface area contributed by atoms with Crippen molar-refractivity contribution in [3.8, 4) is 0 Å². The molecule has 0 aliphatic carbocycles. The fraction of sp³-hybridized carbons (Fsp3) is 0.600. The molecule has 0 radical (unpaired) electrons. The van der Waals surface area contributed by atoms with Gasteiger partial charge in [-0.2, -0.15) is 0 Å². The third-order valence-electron chi connectivity index (χ3n) is 4.20. The van der Waals surface area contributed by atoms with Crippen LogP contribution < -0.4 is 5.32 Å². The van der Waals surface area contributed by atoms with Gasteiger partial charge in [0.15, 0.2) is 0 Å². The number of hydrogen-bond donors (Lipinski definition) is 1. The van der Waals surface area contributed by atoms with Crippen LogP contribution in [0, 0.1) is 0 Å². The van der Waals surface area contributed by atoms with Gasteiger partial charge in [0, 0.05) is 12.7 Å². The zero-order chi connectivity index (χ0) is 15.6. The Balaban J connectivity index is 1.79. The summed E-state index contributed by atoms with van der Waals surface area (Å²) in [6.07, 6.45) is 5.93. The van der Waals surface area contributed by atoms with Crippen LogP contribution in [0.3, 0.4) is 0 Å². The molecule has 2 aliphatic rings. The van der Waals surface area contributed by atoms with Gasteiger partial charge in [0.2, 0.25) is 0 Å². The zero-order valence-corrected chi connectivity index (χ0v) is 12.7. The Hall–Kier alpha value is -2.18. The van der Waals surface area contributed by atoms with Gasteiger partial charge in [-0.3, -0.25) is 4.79 Å². The van der Waals surface area contributed by atoms with Gasteiger partial charge in [0.1, 0.15) is 11.9 Å². The van der Waals surface area contributed by atoms with Crippen molar-refractivity contribution < 1.29 is 14.3 Å². The molecule has 1 atom stereocenters. The summed E-state index contributed by atoms with van der Waals surface area (Å²) >= 11 is 0. The summed E-state index contributed by atoms with van der Waals surface area (Å²) in [5.41, 5.74) is 0.758. The number of nitrogens with zero attached hydrogens (tertiary/aromatic N) is 3. The Morgan fingerprint density at radius 2 is 2.41 bits per heavy atom. The summed E-state index contributed by atoms with van der Waals surface area (Å²) < 4.78 is 5.41. The maximum Gasteiger partial charge on any atom is 0.407 e. The van der Waals surface area contributed by atoms with E-state index in [1.165, 1.54) is 6.33 Å². The molecule has 2 amide bonds. The molecule has 1 N–H and O–H groups in total. The number of amides is 2. The van der Waals surface area contributed by atoms with E-state index in [2.05, 4.69) is 22.2 Å². The fourth-order valence-corrected chi connectivity index (χ4v) is 3.14. The normalized spacial score (nSPS) is 24.2. The van der Waals surface area contributed by atoms with E-state index < -0.39 is 11.7 Å². The predicted molar refractivity (Wildman–Crippen MR) is 78.4 cm³/mol. The number of ether oxygens (including phenoxy) is 1. The van der Waals surface area contributed by atoms with Gasteiger partial charge < -0.3 is 15.0 Å². The number of aryl methyl sites for hydroxylation is 1. The molecule has 1 spiro atoms. The van der Waals surface area contributed by atoms with Crippen LogP contribution in [0.1, 0.15) is 42.2 Å². The number of rotatable bonds is 3. The molecule has 7 nitrogen and oxygen atoms in total. The predicted octanol–water partition coefficient (Wildman–Crippen LogP) is 1.14. The highest BCUT2D eigenvalue weighted by Crippen LogP contribution is 2.29. The number of carbonyl (C=O) groups is 2. The second kappa shape index (κ2) is 5.90. The van der Waals surface area contributed by atoms with E-state index in [1.807, 2.05) is 0 Å². The minimum Gasteiger partial charge on any atom is -0.439 e. The number of carbonyl (C=O) groups excluding carboxylic acids is 2. The molecule has 2 fully saturated rings. The maximum absolute atomic E-state index is 12.8. The smallest absolute Gasteiger partial charge is 0.407 e. The van der Waals surface area contributed by atoms with Crippen molar-refractivity contribution in [1.29, 1.82) is 0 Å². The summed E-state index contributed by atoms with van der Waals surface area (Å²) in [5.74, 6) is -0.0777. The lowest BCUT2D eigenvalue weighted by molar-refractivity contribution is -0.00511. The van der Waals surface area contributed by atoms with E-state index in [9.17, 15) is 9.59 Å². The van der Waals surface area contributed by atoms with E-state index in [1.54, 1.807) is 11.1 Å². The third-order valence-corrected chi connectivity index (χ3v) is 4.20. The first-order valence-electron chi connectivity index (χ1n) is 7.68. The molecule has 0 bridgehead atoms. The molecule has 7 heteroatoms. The summed E-state index contributed by atoms with van der Waals surface area (Å²) in [7, 11) is 0. The Morgan fingerprint density at radius 1 is 1.55 bits per heavy atom. The molecule has 2 aliphatic heterocycles. The van der Waals surface area contributed by atoms with Gasteiger partial charge in [-0.1, -0.05) is 13.3 Å². The highest BCUT2D eigenvalue weighted by Gasteiger charge is 2.45. The van der Waals surface area contributed by atoms with Gasteiger partial charge in [0.05, 0.1) is 24.3 Å². The lowest BCUT2D eigenvalue weighted by atomic mass is 9.92. The molecule has 0 aromatic carbocycles. The summed E-state index contributed by atoms with van der Waals surface area (Å²) in [6, 6.07) is 0. The highest BCUT2D eigenvalue weighted by molar-refractivity contribution is 5.95. The first kappa shape index (κ1) is 14.7. The number of likely N-dealkylation sites (tertiary alicyclic amines) is 1. The van der Waals surface area contributed by atoms with Crippen LogP contribution in [0.2, 0.25) is 0 Å². The van der Waals surface area contributed by atoms with E-state index in [0.29, 0.717) is 25.2 Å². The average Bonchev–Trinajstić information content (AvgIpc) is 2.88. The molecule has 3 rings (SSSR count). The zero-order valence-electron chi connectivity index (χ0n) is 12.7. The van der Waals surface area contributed by atoms with Crippen molar-refractivity contribution in [3.05, 3.63) is 23.8 Å². The second-order valence-electron chi connectivity index (χ2n) is 5.89. The van der Waals surface area contributed by atoms with Gasteiger partial charge in [-0.05, 0) is 19.3 Å². The summed E-state index contributed by atoms with van der Waals surface area (Å²) in [5, 5.41) is 2.69. The van der Waals surface area contributed by atoms with Crippen molar-refractivity contribution in [2.75, 3.05) is 19.6 Å². The van der Waals surface area contributed by atoms with Gasteiger partial charge >= 0.3 is 6.09 Å². The van der Waals surface area contributed by atoms with E-state index in [4.69, 9.17) is 4.74 Å². The largest absolute Gasteiger partial charge is 0.439 e. The van der Waals surface area contributed by atoms with Crippen molar-refractivity contribution in [3.63, 3.8) is 0 Å². The molecule has 1 aromatic heterocycles. The first-order chi connectivity index (χ1) is 10.6. The average molecular weight is 304 g/mol. The number of nitrogens with one attached hydrogen (secondary N) is 1. The molecular weight excluding hydrogens is 284 g/mol. The van der Waals surface area contributed by atoms with Gasteiger partial charge in [-0.15, -0.1) is 0 Å². The number of piperidine rings is 1. The molecule has 2 saturated heterocycles. The minimum absolute atomic E-state index is 0.0777. The summed E-state index contributed by atoms with van der Waals surface area (Å²) in [6.45, 7) is 3.60. The standard InChI is InChI=1S/C15H20N4O3/c1-2-4-12-11(7-16-10-18-12)13(20)19-6-3-5-15(9-19)8-17-14(21)22-15/h7,10H,2-6,8-9H2,1H3,(H,17,21). The van der Waals surface area contributed by atoms with Crippen LogP contribution in [-0.4, -0.2) is 52.1 Å². The van der Waals surface area contributed by atoms with Crippen LogP contribution in [0.15, 0.2) is 12.5 Å². The van der Waals surface area contributed by atoms with Gasteiger partial charge in [-0.25, -0.2) is 14.8 Å². The second-order valence-corrected chi connectivity index (χ2v) is 5.89. The monoisotopic (exact) mass is 304 g/mol. The third kappa shape index (κ3) is 2.75.